The molecule has 0 aliphatic carbocycles. The molecule has 0 fully saturated rings. The SMILES string of the molecule is CC(C)(C)[NH+](C(C)(C)C)C(C)(C)C.c1ccc([B-](c2ccccc2)(c2ccccc2)c2ccccc2)cc1. The van der Waals surface area contributed by atoms with Crippen LogP contribution in [0.1, 0.15) is 62.3 Å². The third-order valence-electron chi connectivity index (χ3n) is 7.45. The normalized spacial score (nSPS) is 12.6. The van der Waals surface area contributed by atoms with Crippen LogP contribution < -0.4 is 26.8 Å². The summed E-state index contributed by atoms with van der Waals surface area (Å²) in [6.07, 6.45) is -1.22. The van der Waals surface area contributed by atoms with Crippen LogP contribution >= 0.6 is 0 Å². The van der Waals surface area contributed by atoms with Gasteiger partial charge in [-0.2, -0.15) is 21.9 Å². The molecule has 0 aliphatic heterocycles. The average Bonchev–Trinajstić information content (AvgIpc) is 2.85. The van der Waals surface area contributed by atoms with Gasteiger partial charge in [-0.1, -0.05) is 121 Å². The molecule has 0 unspecified atom stereocenters. The largest absolute Gasteiger partial charge is 0.322 e. The van der Waals surface area contributed by atoms with E-state index in [1.807, 2.05) is 0 Å². The summed E-state index contributed by atoms with van der Waals surface area (Å²) >= 11 is 0. The summed E-state index contributed by atoms with van der Waals surface area (Å²) in [4.78, 5) is 1.65. The molecule has 0 spiro atoms. The van der Waals surface area contributed by atoms with Crippen LogP contribution in [-0.4, -0.2) is 22.8 Å². The monoisotopic (exact) mass is 505 g/mol. The zero-order chi connectivity index (χ0) is 28.0. The van der Waals surface area contributed by atoms with Gasteiger partial charge >= 0.3 is 0 Å². The highest BCUT2D eigenvalue weighted by Gasteiger charge is 2.43. The molecule has 200 valence electrons. The van der Waals surface area contributed by atoms with Crippen LogP contribution in [0.25, 0.3) is 0 Å². The Morgan fingerprint density at radius 1 is 0.342 bits per heavy atom. The van der Waals surface area contributed by atoms with Gasteiger partial charge < -0.3 is 4.90 Å². The number of nitrogens with one attached hydrogen (secondary N) is 1. The molecule has 4 aromatic rings. The van der Waals surface area contributed by atoms with Gasteiger partial charge in [0.1, 0.15) is 6.15 Å². The number of rotatable bonds is 4. The van der Waals surface area contributed by atoms with Crippen molar-refractivity contribution in [1.82, 2.24) is 0 Å². The number of hydrogen-bond acceptors (Lipinski definition) is 0. The van der Waals surface area contributed by atoms with E-state index in [1.165, 1.54) is 21.9 Å². The number of hydrogen-bond donors (Lipinski definition) is 1. The molecule has 0 radical (unpaired) electrons. The maximum atomic E-state index is 2.32. The second-order valence-electron chi connectivity index (χ2n) is 13.6. The van der Waals surface area contributed by atoms with Crippen molar-refractivity contribution in [3.63, 3.8) is 0 Å². The molecule has 4 aromatic carbocycles. The Kier molecular flexibility index (Phi) is 9.11. The summed E-state index contributed by atoms with van der Waals surface area (Å²) in [5, 5.41) is 0. The molecule has 2 heteroatoms. The standard InChI is InChI=1S/C24H20B.C12H27N/c1-5-13-21(14-6-1)25(22-15-7-2-8-16-22,23-17-9-3-10-18-23)24-19-11-4-12-20-24;1-10(2,3)13(11(4,5)6)12(7,8)9/h1-20H;1-9H3/q-1;/p+1. The zero-order valence-electron chi connectivity index (χ0n) is 25.1. The van der Waals surface area contributed by atoms with Crippen LogP contribution in [0.3, 0.4) is 0 Å². The second kappa shape index (κ2) is 11.7. The number of benzene rings is 4. The highest BCUT2D eigenvalue weighted by Crippen LogP contribution is 2.11. The van der Waals surface area contributed by atoms with E-state index in [2.05, 4.69) is 184 Å². The van der Waals surface area contributed by atoms with Crippen LogP contribution in [0.2, 0.25) is 0 Å². The van der Waals surface area contributed by atoms with Crippen molar-refractivity contribution < 1.29 is 4.90 Å². The minimum absolute atomic E-state index is 0.302. The predicted octanol–water partition coefficient (Wildman–Crippen LogP) is 5.33. The fourth-order valence-corrected chi connectivity index (χ4v) is 7.50. The molecule has 38 heavy (non-hydrogen) atoms. The Labute approximate surface area is 232 Å². The van der Waals surface area contributed by atoms with Crippen molar-refractivity contribution in [1.29, 1.82) is 0 Å². The zero-order valence-corrected chi connectivity index (χ0v) is 25.1. The first-order valence-electron chi connectivity index (χ1n) is 14.0. The van der Waals surface area contributed by atoms with Crippen LogP contribution in [-0.2, 0) is 0 Å². The molecule has 0 aliphatic rings. The quantitative estimate of drug-likeness (QED) is 0.358. The number of quaternary nitrogens is 1. The molecule has 0 saturated carbocycles. The fraction of sp³-hybridized carbons (Fsp3) is 0.333. The van der Waals surface area contributed by atoms with Gasteiger partial charge in [-0.25, -0.2) is 0 Å². The van der Waals surface area contributed by atoms with E-state index in [9.17, 15) is 0 Å². The first-order chi connectivity index (χ1) is 17.8. The molecule has 0 aromatic heterocycles. The highest BCUT2D eigenvalue weighted by molar-refractivity contribution is 7.19. The van der Waals surface area contributed by atoms with E-state index < -0.39 is 6.15 Å². The van der Waals surface area contributed by atoms with E-state index in [0.717, 1.165) is 0 Å². The van der Waals surface area contributed by atoms with E-state index in [-0.39, 0.29) is 0 Å². The van der Waals surface area contributed by atoms with E-state index in [1.54, 1.807) is 4.90 Å². The smallest absolute Gasteiger partial charge is 0.108 e. The molecular weight excluding hydrogens is 457 g/mol. The van der Waals surface area contributed by atoms with E-state index >= 15 is 0 Å². The lowest BCUT2D eigenvalue weighted by Crippen LogP contribution is -3.30. The summed E-state index contributed by atoms with van der Waals surface area (Å²) in [5.74, 6) is 0. The van der Waals surface area contributed by atoms with E-state index in [4.69, 9.17) is 0 Å². The summed E-state index contributed by atoms with van der Waals surface area (Å²) < 4.78 is 0. The first-order valence-corrected chi connectivity index (χ1v) is 14.0. The van der Waals surface area contributed by atoms with Crippen LogP contribution in [0.15, 0.2) is 121 Å². The summed E-state index contributed by atoms with van der Waals surface area (Å²) in [6.45, 7) is 20.9. The molecule has 0 amide bonds. The van der Waals surface area contributed by atoms with Crippen molar-refractivity contribution in [2.24, 2.45) is 0 Å². The van der Waals surface area contributed by atoms with Gasteiger partial charge in [-0.05, 0) is 62.3 Å². The predicted molar refractivity (Wildman–Crippen MR) is 170 cm³/mol. The Morgan fingerprint density at radius 2 is 0.526 bits per heavy atom. The Morgan fingerprint density at radius 3 is 0.658 bits per heavy atom. The topological polar surface area (TPSA) is 4.44 Å². The fourth-order valence-electron chi connectivity index (χ4n) is 7.50. The molecule has 4 rings (SSSR count). The maximum Gasteiger partial charge on any atom is 0.108 e. The molecule has 0 heterocycles. The summed E-state index contributed by atoms with van der Waals surface area (Å²) in [6, 6.07) is 43.5. The van der Waals surface area contributed by atoms with E-state index in [0.29, 0.717) is 16.6 Å². The van der Waals surface area contributed by atoms with Gasteiger partial charge in [0.05, 0.1) is 16.6 Å². The molecule has 1 nitrogen and oxygen atoms in total. The third kappa shape index (κ3) is 6.66. The van der Waals surface area contributed by atoms with Crippen LogP contribution in [0.5, 0.6) is 0 Å². The van der Waals surface area contributed by atoms with Crippen molar-refractivity contribution in [2.45, 2.75) is 78.9 Å². The molecule has 0 bridgehead atoms. The van der Waals surface area contributed by atoms with Gasteiger partial charge in [0.2, 0.25) is 0 Å². The van der Waals surface area contributed by atoms with Crippen molar-refractivity contribution in [3.8, 4) is 0 Å². The lowest BCUT2D eigenvalue weighted by Gasteiger charge is -2.49. The molecule has 0 atom stereocenters. The summed E-state index contributed by atoms with van der Waals surface area (Å²) in [7, 11) is 0. The lowest BCUT2D eigenvalue weighted by atomic mass is 9.13. The second-order valence-corrected chi connectivity index (χ2v) is 13.6. The minimum Gasteiger partial charge on any atom is -0.322 e. The maximum absolute atomic E-state index is 2.32. The van der Waals surface area contributed by atoms with Crippen LogP contribution in [0, 0.1) is 0 Å². The third-order valence-corrected chi connectivity index (χ3v) is 7.45. The van der Waals surface area contributed by atoms with Crippen molar-refractivity contribution in [3.05, 3.63) is 121 Å². The Balaban J connectivity index is 0.000000263. The van der Waals surface area contributed by atoms with Gasteiger partial charge in [0, 0.05) is 0 Å². The molecular formula is C36H48BN. The van der Waals surface area contributed by atoms with Crippen molar-refractivity contribution >= 4 is 28.0 Å². The van der Waals surface area contributed by atoms with Crippen molar-refractivity contribution in [2.75, 3.05) is 0 Å². The highest BCUT2D eigenvalue weighted by atomic mass is 15.3. The van der Waals surface area contributed by atoms with Gasteiger partial charge in [0.25, 0.3) is 0 Å². The average molecular weight is 506 g/mol. The Bertz CT molecular complexity index is 1030. The van der Waals surface area contributed by atoms with Gasteiger partial charge in [0.15, 0.2) is 0 Å². The van der Waals surface area contributed by atoms with Gasteiger partial charge in [-0.15, -0.1) is 0 Å². The van der Waals surface area contributed by atoms with Crippen LogP contribution in [0.4, 0.5) is 0 Å². The first kappa shape index (κ1) is 29.5. The van der Waals surface area contributed by atoms with Gasteiger partial charge in [-0.3, -0.25) is 0 Å². The molecule has 1 N–H and O–H groups in total. The lowest BCUT2D eigenvalue weighted by molar-refractivity contribution is -1.03. The minimum atomic E-state index is -1.22. The summed E-state index contributed by atoms with van der Waals surface area (Å²) in [5.41, 5.74) is 6.26. The molecule has 0 saturated heterocycles. The Hall–Kier alpha value is -3.10.